The highest BCUT2D eigenvalue weighted by Crippen LogP contribution is 2.35. The standard InChI is InChI=1S/C34H37N5O6/c1-6-44-29-17-25(32-31(33(41)43-5)21(3)36-34(42)37-32)12-14-28(29)45-19-30(40)38-35-18-26-15-20(2)39(22(26)4)27-13-11-23-9-7-8-10-24(23)16-27/h7-18,30,32,38,40H,6,19H2,1-5H3,(H2,36,37,42)/b35-18-/t30-,32-/m1/s1. The van der Waals surface area contributed by atoms with Gasteiger partial charge in [0, 0.05) is 28.3 Å². The van der Waals surface area contributed by atoms with Crippen LogP contribution < -0.4 is 25.5 Å². The van der Waals surface area contributed by atoms with Gasteiger partial charge < -0.3 is 34.5 Å². The number of urea groups is 1. The number of aliphatic hydroxyl groups excluding tert-OH is 1. The van der Waals surface area contributed by atoms with Gasteiger partial charge in [-0.15, -0.1) is 0 Å². The highest BCUT2D eigenvalue weighted by atomic mass is 16.5. The van der Waals surface area contributed by atoms with Crippen molar-refractivity contribution in [3.63, 3.8) is 0 Å². The summed E-state index contributed by atoms with van der Waals surface area (Å²) >= 11 is 0. The van der Waals surface area contributed by atoms with Crippen molar-refractivity contribution in [3.05, 3.63) is 101 Å². The quantitative estimate of drug-likeness (QED) is 0.0831. The molecule has 0 saturated carbocycles. The van der Waals surface area contributed by atoms with Crippen LogP contribution in [-0.4, -0.2) is 54.4 Å². The van der Waals surface area contributed by atoms with Gasteiger partial charge in [0.05, 0.1) is 31.5 Å². The average Bonchev–Trinajstić information content (AvgIpc) is 3.31. The summed E-state index contributed by atoms with van der Waals surface area (Å²) in [7, 11) is 1.28. The molecule has 2 heterocycles. The topological polar surface area (TPSA) is 135 Å². The Morgan fingerprint density at radius 2 is 1.82 bits per heavy atom. The van der Waals surface area contributed by atoms with E-state index in [1.165, 1.54) is 17.9 Å². The number of hydrogen-bond acceptors (Lipinski definition) is 8. The lowest BCUT2D eigenvalue weighted by molar-refractivity contribution is -0.136. The van der Waals surface area contributed by atoms with E-state index in [4.69, 9.17) is 14.2 Å². The zero-order chi connectivity index (χ0) is 32.1. The molecule has 0 radical (unpaired) electrons. The molecule has 11 heteroatoms. The molecule has 2 amide bonds. The number of benzene rings is 3. The Morgan fingerprint density at radius 1 is 1.04 bits per heavy atom. The van der Waals surface area contributed by atoms with E-state index < -0.39 is 24.3 Å². The number of fused-ring (bicyclic) bond motifs is 1. The lowest BCUT2D eigenvalue weighted by Crippen LogP contribution is -2.45. The number of allylic oxidation sites excluding steroid dienone is 1. The summed E-state index contributed by atoms with van der Waals surface area (Å²) in [6, 6.07) is 20.6. The fraction of sp³-hybridized carbons (Fsp3) is 0.265. The number of esters is 1. The summed E-state index contributed by atoms with van der Waals surface area (Å²) in [5, 5.41) is 22.5. The Bertz CT molecular complexity index is 1790. The number of aryl methyl sites for hydroxylation is 1. The minimum absolute atomic E-state index is 0.122. The Balaban J connectivity index is 1.25. The molecule has 1 aliphatic rings. The predicted octanol–water partition coefficient (Wildman–Crippen LogP) is 4.77. The lowest BCUT2D eigenvalue weighted by atomic mass is 9.95. The third-order valence-corrected chi connectivity index (χ3v) is 7.56. The molecule has 4 aromatic rings. The number of carbonyl (C=O) groups is 2. The third-order valence-electron chi connectivity index (χ3n) is 7.56. The van der Waals surface area contributed by atoms with Gasteiger partial charge in [0.2, 0.25) is 0 Å². The maximum Gasteiger partial charge on any atom is 0.337 e. The fourth-order valence-corrected chi connectivity index (χ4v) is 5.45. The first-order valence-electron chi connectivity index (χ1n) is 14.6. The second kappa shape index (κ2) is 13.6. The monoisotopic (exact) mass is 611 g/mol. The van der Waals surface area contributed by atoms with Gasteiger partial charge >= 0.3 is 12.0 Å². The Kier molecular flexibility index (Phi) is 9.39. The Labute approximate surface area is 261 Å². The molecule has 3 aromatic carbocycles. The van der Waals surface area contributed by atoms with Crippen molar-refractivity contribution in [3.8, 4) is 17.2 Å². The van der Waals surface area contributed by atoms with E-state index in [0.717, 1.165) is 22.6 Å². The second-order valence-corrected chi connectivity index (χ2v) is 10.6. The largest absolute Gasteiger partial charge is 0.490 e. The molecule has 0 spiro atoms. The summed E-state index contributed by atoms with van der Waals surface area (Å²) in [5.41, 5.74) is 8.05. The number of aliphatic hydroxyl groups is 1. The minimum Gasteiger partial charge on any atom is -0.490 e. The van der Waals surface area contributed by atoms with E-state index in [-0.39, 0.29) is 12.2 Å². The van der Waals surface area contributed by atoms with E-state index in [0.29, 0.717) is 29.4 Å². The number of methoxy groups -OCH3 is 1. The molecular formula is C34H37N5O6. The van der Waals surface area contributed by atoms with E-state index >= 15 is 0 Å². The maximum absolute atomic E-state index is 12.5. The second-order valence-electron chi connectivity index (χ2n) is 10.6. The molecule has 0 aliphatic carbocycles. The van der Waals surface area contributed by atoms with E-state index in [1.807, 2.05) is 39.0 Å². The van der Waals surface area contributed by atoms with Gasteiger partial charge in [-0.25, -0.2) is 9.59 Å². The molecule has 4 N–H and O–H groups in total. The zero-order valence-corrected chi connectivity index (χ0v) is 25.9. The van der Waals surface area contributed by atoms with Crippen LogP contribution in [0.3, 0.4) is 0 Å². The third kappa shape index (κ3) is 6.78. The maximum atomic E-state index is 12.5. The van der Waals surface area contributed by atoms with Crippen molar-refractivity contribution < 1.29 is 28.9 Å². The molecule has 45 heavy (non-hydrogen) atoms. The van der Waals surface area contributed by atoms with Crippen molar-refractivity contribution in [1.29, 1.82) is 0 Å². The molecule has 11 nitrogen and oxygen atoms in total. The number of aromatic nitrogens is 1. The molecule has 0 fully saturated rings. The zero-order valence-electron chi connectivity index (χ0n) is 25.9. The van der Waals surface area contributed by atoms with Crippen LogP contribution in [0.4, 0.5) is 4.79 Å². The molecule has 1 aliphatic heterocycles. The number of rotatable bonds is 11. The van der Waals surface area contributed by atoms with Gasteiger partial charge in [-0.05, 0) is 74.4 Å². The van der Waals surface area contributed by atoms with E-state index in [9.17, 15) is 14.7 Å². The normalized spacial score (nSPS) is 15.5. The smallest absolute Gasteiger partial charge is 0.337 e. The number of carbonyl (C=O) groups excluding carboxylic acids is 2. The molecule has 5 rings (SSSR count). The highest BCUT2D eigenvalue weighted by molar-refractivity contribution is 5.95. The van der Waals surface area contributed by atoms with Crippen LogP contribution in [0.1, 0.15) is 42.4 Å². The summed E-state index contributed by atoms with van der Waals surface area (Å²) in [6.07, 6.45) is 0.560. The van der Waals surface area contributed by atoms with E-state index in [2.05, 4.69) is 56.1 Å². The molecule has 0 unspecified atom stereocenters. The number of hydrogen-bond donors (Lipinski definition) is 4. The van der Waals surface area contributed by atoms with Gasteiger partial charge in [0.25, 0.3) is 0 Å². The molecule has 1 aromatic heterocycles. The van der Waals surface area contributed by atoms with Crippen LogP contribution in [0, 0.1) is 13.8 Å². The van der Waals surface area contributed by atoms with E-state index in [1.54, 1.807) is 31.3 Å². The Hall–Kier alpha value is -5.29. The number of hydrazone groups is 1. The molecule has 234 valence electrons. The van der Waals surface area contributed by atoms with Crippen LogP contribution in [0.15, 0.2) is 83.1 Å². The SMILES string of the molecule is CCOc1cc([C@H]2NC(=O)NC(C)=C2C(=O)OC)ccc1OC[C@@H](O)N/N=C\c1cc(C)n(-c2ccc3ccccc3c2)c1C. The van der Waals surface area contributed by atoms with Crippen molar-refractivity contribution in [2.45, 2.75) is 40.0 Å². The fourth-order valence-electron chi connectivity index (χ4n) is 5.45. The number of nitrogens with zero attached hydrogens (tertiary/aromatic N) is 2. The molecular weight excluding hydrogens is 574 g/mol. The highest BCUT2D eigenvalue weighted by Gasteiger charge is 2.32. The van der Waals surface area contributed by atoms with Crippen molar-refractivity contribution in [2.75, 3.05) is 20.3 Å². The van der Waals surface area contributed by atoms with Gasteiger partial charge in [0.1, 0.15) is 6.61 Å². The van der Waals surface area contributed by atoms with Crippen LogP contribution >= 0.6 is 0 Å². The van der Waals surface area contributed by atoms with Crippen LogP contribution in [-0.2, 0) is 9.53 Å². The van der Waals surface area contributed by atoms with Crippen LogP contribution in [0.25, 0.3) is 16.5 Å². The van der Waals surface area contributed by atoms with Gasteiger partial charge in [-0.2, -0.15) is 5.10 Å². The van der Waals surface area contributed by atoms with Crippen LogP contribution in [0.5, 0.6) is 11.5 Å². The van der Waals surface area contributed by atoms with Gasteiger partial charge in [-0.3, -0.25) is 5.43 Å². The Morgan fingerprint density at radius 3 is 2.58 bits per heavy atom. The predicted molar refractivity (Wildman–Crippen MR) is 172 cm³/mol. The summed E-state index contributed by atoms with van der Waals surface area (Å²) in [4.78, 5) is 24.6. The molecule has 2 atom stereocenters. The summed E-state index contributed by atoms with van der Waals surface area (Å²) in [6.45, 7) is 7.77. The van der Waals surface area contributed by atoms with Crippen molar-refractivity contribution in [1.82, 2.24) is 20.6 Å². The average molecular weight is 612 g/mol. The first-order chi connectivity index (χ1) is 21.7. The lowest BCUT2D eigenvalue weighted by Gasteiger charge is -2.28. The first-order valence-corrected chi connectivity index (χ1v) is 14.6. The number of nitrogens with one attached hydrogen (secondary N) is 3. The molecule has 0 saturated heterocycles. The minimum atomic E-state index is -1.11. The van der Waals surface area contributed by atoms with Crippen molar-refractivity contribution >= 4 is 29.0 Å². The van der Waals surface area contributed by atoms with Crippen LogP contribution in [0.2, 0.25) is 0 Å². The molecule has 0 bridgehead atoms. The van der Waals surface area contributed by atoms with Gasteiger partial charge in [-0.1, -0.05) is 36.4 Å². The van der Waals surface area contributed by atoms with Crippen molar-refractivity contribution in [2.24, 2.45) is 5.10 Å². The number of ether oxygens (including phenoxy) is 3. The summed E-state index contributed by atoms with van der Waals surface area (Å²) < 4.78 is 18.7. The first kappa shape index (κ1) is 31.1. The number of amides is 2. The summed E-state index contributed by atoms with van der Waals surface area (Å²) in [5.74, 6) is 0.208. The van der Waals surface area contributed by atoms with Gasteiger partial charge in [0.15, 0.2) is 17.7 Å².